The van der Waals surface area contributed by atoms with Crippen molar-refractivity contribution in [2.45, 2.75) is 25.7 Å². The maximum Gasteiger partial charge on any atom is 0.216 e. The van der Waals surface area contributed by atoms with E-state index in [0.29, 0.717) is 0 Å². The highest BCUT2D eigenvalue weighted by molar-refractivity contribution is 5.44. The summed E-state index contributed by atoms with van der Waals surface area (Å²) in [6, 6.07) is 0. The van der Waals surface area contributed by atoms with Crippen LogP contribution in [0, 0.1) is 0 Å². The quantitative estimate of drug-likeness (QED) is 0.575. The Morgan fingerprint density at radius 3 is 3.17 bits per heavy atom. The van der Waals surface area contributed by atoms with Gasteiger partial charge in [-0.2, -0.15) is 0 Å². The number of aromatic nitrogens is 1. The van der Waals surface area contributed by atoms with Crippen LogP contribution in [0.5, 0.6) is 5.88 Å². The molecule has 2 aliphatic rings. The molecule has 3 rings (SSSR count). The maximum atomic E-state index is 5.41. The number of hydrogen-bond acceptors (Lipinski definition) is 2. The van der Waals surface area contributed by atoms with E-state index in [-0.39, 0.29) is 0 Å². The number of nitrogens with zero attached hydrogens (tertiary/aromatic N) is 1. The number of hydrogen-bond donors (Lipinski definition) is 0. The van der Waals surface area contributed by atoms with Crippen molar-refractivity contribution in [1.82, 2.24) is 4.98 Å². The summed E-state index contributed by atoms with van der Waals surface area (Å²) in [6.45, 7) is 0.832. The van der Waals surface area contributed by atoms with E-state index in [2.05, 4.69) is 4.98 Å². The molecule has 0 bridgehead atoms. The van der Waals surface area contributed by atoms with Crippen LogP contribution in [-0.2, 0) is 19.3 Å². The molecule has 0 radical (unpaired) electrons. The maximum absolute atomic E-state index is 5.41. The van der Waals surface area contributed by atoms with Crippen LogP contribution in [0.1, 0.15) is 23.1 Å². The Hall–Kier alpha value is -1.05. The van der Waals surface area contributed by atoms with Crippen LogP contribution in [0.4, 0.5) is 0 Å². The van der Waals surface area contributed by atoms with Crippen LogP contribution in [0.2, 0.25) is 0 Å². The van der Waals surface area contributed by atoms with Crippen LogP contribution in [0.25, 0.3) is 0 Å². The molecule has 62 valence electrons. The van der Waals surface area contributed by atoms with Gasteiger partial charge in [-0.15, -0.1) is 0 Å². The minimum absolute atomic E-state index is 0.832. The number of fused-ring (bicyclic) bond motifs is 3. The minimum atomic E-state index is 0.832. The van der Waals surface area contributed by atoms with Crippen LogP contribution in [0.3, 0.4) is 0 Å². The van der Waals surface area contributed by atoms with E-state index in [0.717, 1.165) is 18.9 Å². The summed E-state index contributed by atoms with van der Waals surface area (Å²) in [5.41, 5.74) is 4.39. The third-order valence-corrected chi connectivity index (χ3v) is 2.81. The van der Waals surface area contributed by atoms with Crippen molar-refractivity contribution in [3.8, 4) is 5.88 Å². The molecule has 0 spiro atoms. The molecule has 2 heteroatoms. The summed E-state index contributed by atoms with van der Waals surface area (Å²) < 4.78 is 5.41. The second-order valence-corrected chi connectivity index (χ2v) is 3.50. The highest BCUT2D eigenvalue weighted by Gasteiger charge is 2.22. The van der Waals surface area contributed by atoms with Gasteiger partial charge in [-0.1, -0.05) is 0 Å². The Kier molecular flexibility index (Phi) is 1.20. The molecule has 12 heavy (non-hydrogen) atoms. The van der Waals surface area contributed by atoms with Crippen molar-refractivity contribution in [2.75, 3.05) is 6.61 Å². The van der Waals surface area contributed by atoms with E-state index in [1.54, 1.807) is 0 Å². The summed E-state index contributed by atoms with van der Waals surface area (Å²) in [5.74, 6) is 0.899. The van der Waals surface area contributed by atoms with Gasteiger partial charge < -0.3 is 4.74 Å². The van der Waals surface area contributed by atoms with Crippen molar-refractivity contribution < 1.29 is 4.74 Å². The first-order valence-corrected chi connectivity index (χ1v) is 4.57. The lowest BCUT2D eigenvalue weighted by Crippen LogP contribution is -1.91. The van der Waals surface area contributed by atoms with Crippen LogP contribution >= 0.6 is 0 Å². The van der Waals surface area contributed by atoms with Gasteiger partial charge in [0.2, 0.25) is 5.88 Å². The highest BCUT2D eigenvalue weighted by Crippen LogP contribution is 2.32. The highest BCUT2D eigenvalue weighted by atomic mass is 16.5. The van der Waals surface area contributed by atoms with Gasteiger partial charge in [-0.3, -0.25) is 0 Å². The first-order chi connectivity index (χ1) is 5.95. The fraction of sp³-hybridized carbons (Fsp3) is 0.500. The molecule has 1 aliphatic carbocycles. The van der Waals surface area contributed by atoms with Gasteiger partial charge in [0.25, 0.3) is 0 Å². The molecule has 0 N–H and O–H groups in total. The van der Waals surface area contributed by atoms with E-state index in [9.17, 15) is 0 Å². The Morgan fingerprint density at radius 2 is 2.17 bits per heavy atom. The van der Waals surface area contributed by atoms with Gasteiger partial charge in [-0.25, -0.2) is 4.98 Å². The molecular formula is C10H11NO. The molecule has 0 atom stereocenters. The molecule has 0 aromatic carbocycles. The van der Waals surface area contributed by atoms with Gasteiger partial charge in [0, 0.05) is 18.2 Å². The smallest absolute Gasteiger partial charge is 0.216 e. The summed E-state index contributed by atoms with van der Waals surface area (Å²) in [5, 5.41) is 0. The molecule has 1 aliphatic heterocycles. The topological polar surface area (TPSA) is 22.1 Å². The Balaban J connectivity index is 2.24. The summed E-state index contributed by atoms with van der Waals surface area (Å²) in [6.07, 6.45) is 6.82. The lowest BCUT2D eigenvalue weighted by atomic mass is 10.1. The number of ether oxygens (including phenoxy) is 1. The fourth-order valence-corrected chi connectivity index (χ4v) is 2.23. The van der Waals surface area contributed by atoms with Crippen molar-refractivity contribution >= 4 is 0 Å². The van der Waals surface area contributed by atoms with E-state index < -0.39 is 0 Å². The van der Waals surface area contributed by atoms with Crippen LogP contribution < -0.4 is 4.74 Å². The Labute approximate surface area is 71.6 Å². The standard InChI is InChI=1S/C10H11NO/c1-2-7-6-11-10-9(4-5-12-10)8(7)3-1/h6H,1-5H2. The lowest BCUT2D eigenvalue weighted by molar-refractivity contribution is 0.344. The Morgan fingerprint density at radius 1 is 1.17 bits per heavy atom. The van der Waals surface area contributed by atoms with Crippen molar-refractivity contribution in [1.29, 1.82) is 0 Å². The molecule has 2 heterocycles. The average Bonchev–Trinajstić information content (AvgIpc) is 2.71. The number of aryl methyl sites for hydroxylation is 1. The van der Waals surface area contributed by atoms with Crippen molar-refractivity contribution in [2.24, 2.45) is 0 Å². The normalized spacial score (nSPS) is 18.7. The second kappa shape index (κ2) is 2.22. The summed E-state index contributed by atoms with van der Waals surface area (Å²) >= 11 is 0. The molecule has 0 amide bonds. The molecule has 0 saturated heterocycles. The minimum Gasteiger partial charge on any atom is -0.477 e. The largest absolute Gasteiger partial charge is 0.477 e. The molecule has 0 saturated carbocycles. The molecule has 0 fully saturated rings. The zero-order chi connectivity index (χ0) is 7.97. The first-order valence-electron chi connectivity index (χ1n) is 4.57. The number of rotatable bonds is 0. The average molecular weight is 161 g/mol. The molecule has 1 aromatic heterocycles. The van der Waals surface area contributed by atoms with E-state index in [4.69, 9.17) is 4.74 Å². The SMILES string of the molecule is c1nc2c(c3c1CCC3)CCO2. The zero-order valence-electron chi connectivity index (χ0n) is 6.97. The van der Waals surface area contributed by atoms with Gasteiger partial charge >= 0.3 is 0 Å². The van der Waals surface area contributed by atoms with Crippen LogP contribution in [0.15, 0.2) is 6.20 Å². The van der Waals surface area contributed by atoms with Gasteiger partial charge in [0.15, 0.2) is 0 Å². The molecule has 0 unspecified atom stereocenters. The van der Waals surface area contributed by atoms with Crippen molar-refractivity contribution in [3.63, 3.8) is 0 Å². The van der Waals surface area contributed by atoms with E-state index in [1.807, 2.05) is 6.20 Å². The second-order valence-electron chi connectivity index (χ2n) is 3.50. The first kappa shape index (κ1) is 6.46. The predicted molar refractivity (Wildman–Crippen MR) is 45.5 cm³/mol. The van der Waals surface area contributed by atoms with Gasteiger partial charge in [0.05, 0.1) is 6.61 Å². The third-order valence-electron chi connectivity index (χ3n) is 2.81. The summed E-state index contributed by atoms with van der Waals surface area (Å²) in [4.78, 5) is 4.31. The van der Waals surface area contributed by atoms with E-state index >= 15 is 0 Å². The van der Waals surface area contributed by atoms with Crippen molar-refractivity contribution in [3.05, 3.63) is 22.9 Å². The number of pyridine rings is 1. The predicted octanol–water partition coefficient (Wildman–Crippen LogP) is 1.51. The van der Waals surface area contributed by atoms with Gasteiger partial charge in [0.1, 0.15) is 0 Å². The zero-order valence-corrected chi connectivity index (χ0v) is 6.97. The van der Waals surface area contributed by atoms with Gasteiger partial charge in [-0.05, 0) is 30.4 Å². The molecule has 2 nitrogen and oxygen atoms in total. The monoisotopic (exact) mass is 161 g/mol. The lowest BCUT2D eigenvalue weighted by Gasteiger charge is -2.03. The fourth-order valence-electron chi connectivity index (χ4n) is 2.23. The molecule has 1 aromatic rings. The summed E-state index contributed by atoms with van der Waals surface area (Å²) in [7, 11) is 0. The van der Waals surface area contributed by atoms with Crippen LogP contribution in [-0.4, -0.2) is 11.6 Å². The molecular weight excluding hydrogens is 150 g/mol. The van der Waals surface area contributed by atoms with E-state index in [1.165, 1.54) is 36.0 Å². The third kappa shape index (κ3) is 0.724. The Bertz CT molecular complexity index is 300.